The van der Waals surface area contributed by atoms with Gasteiger partial charge in [-0.15, -0.1) is 0 Å². The van der Waals surface area contributed by atoms with Crippen molar-refractivity contribution in [3.8, 4) is 0 Å². The Morgan fingerprint density at radius 1 is 1.48 bits per heavy atom. The van der Waals surface area contributed by atoms with E-state index in [0.717, 1.165) is 23.2 Å². The highest BCUT2D eigenvalue weighted by Crippen LogP contribution is 2.26. The number of nitrogens with one attached hydrogen (secondary N) is 1. The van der Waals surface area contributed by atoms with Crippen molar-refractivity contribution in [1.29, 1.82) is 0 Å². The van der Waals surface area contributed by atoms with Gasteiger partial charge in [0.1, 0.15) is 10.3 Å². The minimum absolute atomic E-state index is 0.0470. The molecule has 122 valence electrons. The largest absolute Gasteiger partial charge is 0.480 e. The Morgan fingerprint density at radius 3 is 2.91 bits per heavy atom. The topological polar surface area (TPSA) is 95.4 Å². The molecule has 1 aliphatic rings. The Bertz CT molecular complexity index is 693. The second-order valence-electron chi connectivity index (χ2n) is 5.60. The molecule has 0 atom stereocenters. The van der Waals surface area contributed by atoms with E-state index in [-0.39, 0.29) is 24.5 Å². The minimum atomic E-state index is -0.818. The normalized spacial score (nSPS) is 20.4. The van der Waals surface area contributed by atoms with Crippen LogP contribution in [0.1, 0.15) is 29.6 Å². The highest BCUT2D eigenvalue weighted by atomic mass is 32.1. The number of carboxylic acids is 1. The summed E-state index contributed by atoms with van der Waals surface area (Å²) in [5.74, 6) is -1.00. The zero-order valence-electron chi connectivity index (χ0n) is 12.7. The lowest BCUT2D eigenvalue weighted by Crippen LogP contribution is -2.54. The van der Waals surface area contributed by atoms with Crippen molar-refractivity contribution < 1.29 is 14.7 Å². The molecule has 1 saturated carbocycles. The van der Waals surface area contributed by atoms with Gasteiger partial charge in [0.05, 0.1) is 6.54 Å². The predicted octanol–water partition coefficient (Wildman–Crippen LogP) is 1.36. The van der Waals surface area contributed by atoms with Crippen molar-refractivity contribution >= 4 is 33.6 Å². The van der Waals surface area contributed by atoms with E-state index in [0.29, 0.717) is 11.6 Å². The molecule has 1 amide bonds. The predicted molar refractivity (Wildman–Crippen MR) is 86.6 cm³/mol. The smallest absolute Gasteiger partial charge is 0.317 e. The Hall–Kier alpha value is -2.06. The van der Waals surface area contributed by atoms with Gasteiger partial charge < -0.3 is 10.4 Å². The molecule has 3 rings (SSSR count). The van der Waals surface area contributed by atoms with Gasteiger partial charge in [-0.25, -0.2) is 9.97 Å². The van der Waals surface area contributed by atoms with Crippen LogP contribution in [0.5, 0.6) is 0 Å². The number of hydrogen-bond donors (Lipinski definition) is 2. The molecule has 0 unspecified atom stereocenters. The van der Waals surface area contributed by atoms with E-state index in [1.54, 1.807) is 12.3 Å². The first-order chi connectivity index (χ1) is 11.1. The summed E-state index contributed by atoms with van der Waals surface area (Å²) in [6.07, 6.45) is 3.23. The van der Waals surface area contributed by atoms with Gasteiger partial charge in [0.15, 0.2) is 5.01 Å². The first-order valence-corrected chi connectivity index (χ1v) is 8.36. The summed E-state index contributed by atoms with van der Waals surface area (Å²) in [5.41, 5.74) is 0.729. The number of pyridine rings is 1. The highest BCUT2D eigenvalue weighted by molar-refractivity contribution is 7.19. The third-order valence-electron chi connectivity index (χ3n) is 4.07. The quantitative estimate of drug-likeness (QED) is 0.828. The highest BCUT2D eigenvalue weighted by Gasteiger charge is 2.35. The zero-order valence-corrected chi connectivity index (χ0v) is 13.5. The molecule has 23 heavy (non-hydrogen) atoms. The third-order valence-corrected chi connectivity index (χ3v) is 5.05. The van der Waals surface area contributed by atoms with Gasteiger partial charge >= 0.3 is 5.97 Å². The number of carboxylic acid groups (broad SMARTS) is 1. The van der Waals surface area contributed by atoms with Crippen LogP contribution in [0.25, 0.3) is 10.3 Å². The fraction of sp³-hybridized carbons (Fsp3) is 0.467. The average Bonchev–Trinajstić information content (AvgIpc) is 2.92. The summed E-state index contributed by atoms with van der Waals surface area (Å²) in [7, 11) is 0. The van der Waals surface area contributed by atoms with E-state index in [2.05, 4.69) is 15.3 Å². The molecule has 0 bridgehead atoms. The van der Waals surface area contributed by atoms with Gasteiger partial charge in [-0.05, 0) is 31.5 Å². The molecule has 0 saturated heterocycles. The molecule has 0 aliphatic heterocycles. The molecule has 0 radical (unpaired) electrons. The van der Waals surface area contributed by atoms with E-state index < -0.39 is 5.97 Å². The van der Waals surface area contributed by atoms with Crippen LogP contribution in [-0.4, -0.2) is 57.0 Å². The van der Waals surface area contributed by atoms with Gasteiger partial charge in [-0.1, -0.05) is 18.3 Å². The lowest BCUT2D eigenvalue weighted by molar-refractivity contribution is -0.139. The van der Waals surface area contributed by atoms with Crippen molar-refractivity contribution in [2.45, 2.75) is 31.8 Å². The molecule has 2 aromatic heterocycles. The number of carbonyl (C=O) groups is 2. The number of rotatable bonds is 6. The van der Waals surface area contributed by atoms with Crippen LogP contribution in [0.4, 0.5) is 0 Å². The van der Waals surface area contributed by atoms with Crippen LogP contribution in [0.3, 0.4) is 0 Å². The summed E-state index contributed by atoms with van der Waals surface area (Å²) in [5, 5.41) is 12.3. The number of aromatic nitrogens is 2. The standard InChI is InChI=1S/C15H18N4O3S/c1-2-19(8-12(20)21)10-6-9(7-10)17-13(22)15-18-11-4-3-5-16-14(11)23-15/h3-5,9-10H,2,6-8H2,1H3,(H,17,22)(H,20,21). The first-order valence-electron chi connectivity index (χ1n) is 7.55. The monoisotopic (exact) mass is 334 g/mol. The van der Waals surface area contributed by atoms with Crippen molar-refractivity contribution in [3.05, 3.63) is 23.3 Å². The van der Waals surface area contributed by atoms with Crippen LogP contribution in [0.15, 0.2) is 18.3 Å². The molecule has 0 aromatic carbocycles. The lowest BCUT2D eigenvalue weighted by Gasteiger charge is -2.42. The SMILES string of the molecule is CCN(CC(=O)O)C1CC(NC(=O)c2nc3cccnc3s2)C1. The number of aliphatic carboxylic acids is 1. The van der Waals surface area contributed by atoms with Gasteiger partial charge in [-0.2, -0.15) is 0 Å². The number of carbonyl (C=O) groups excluding carboxylic acids is 1. The summed E-state index contributed by atoms with van der Waals surface area (Å²) < 4.78 is 0. The molecule has 8 heteroatoms. The van der Waals surface area contributed by atoms with Gasteiger partial charge in [0, 0.05) is 18.3 Å². The van der Waals surface area contributed by atoms with Gasteiger partial charge in [0.25, 0.3) is 5.91 Å². The van der Waals surface area contributed by atoms with Crippen LogP contribution in [-0.2, 0) is 4.79 Å². The maximum atomic E-state index is 12.2. The van der Waals surface area contributed by atoms with E-state index in [1.807, 2.05) is 17.9 Å². The van der Waals surface area contributed by atoms with Gasteiger partial charge in [0.2, 0.25) is 0 Å². The third kappa shape index (κ3) is 3.48. The number of hydrogen-bond acceptors (Lipinski definition) is 6. The molecule has 2 heterocycles. The molecule has 1 fully saturated rings. The molecular weight excluding hydrogens is 316 g/mol. The number of amides is 1. The van der Waals surface area contributed by atoms with Crippen LogP contribution < -0.4 is 5.32 Å². The number of fused-ring (bicyclic) bond motifs is 1. The van der Waals surface area contributed by atoms with Gasteiger partial charge in [-0.3, -0.25) is 14.5 Å². The number of nitrogens with zero attached hydrogens (tertiary/aromatic N) is 3. The second-order valence-corrected chi connectivity index (χ2v) is 6.58. The van der Waals surface area contributed by atoms with Crippen LogP contribution in [0.2, 0.25) is 0 Å². The van der Waals surface area contributed by atoms with Crippen LogP contribution >= 0.6 is 11.3 Å². The fourth-order valence-corrected chi connectivity index (χ4v) is 3.60. The van der Waals surface area contributed by atoms with Crippen molar-refractivity contribution in [2.24, 2.45) is 0 Å². The number of likely N-dealkylation sites (N-methyl/N-ethyl adjacent to an activating group) is 1. The summed E-state index contributed by atoms with van der Waals surface area (Å²) in [6.45, 7) is 2.69. The van der Waals surface area contributed by atoms with E-state index in [9.17, 15) is 9.59 Å². The number of thiazole rings is 1. The molecular formula is C15H18N4O3S. The van der Waals surface area contributed by atoms with E-state index >= 15 is 0 Å². The molecule has 7 nitrogen and oxygen atoms in total. The molecule has 0 spiro atoms. The first kappa shape index (κ1) is 15.8. The maximum Gasteiger partial charge on any atom is 0.317 e. The lowest BCUT2D eigenvalue weighted by atomic mass is 9.85. The van der Waals surface area contributed by atoms with Crippen molar-refractivity contribution in [2.75, 3.05) is 13.1 Å². The average molecular weight is 334 g/mol. The Kier molecular flexibility index (Phi) is 4.53. The summed E-state index contributed by atoms with van der Waals surface area (Å²) >= 11 is 1.28. The molecule has 2 aromatic rings. The maximum absolute atomic E-state index is 12.2. The Balaban J connectivity index is 1.55. The van der Waals surface area contributed by atoms with Crippen molar-refractivity contribution in [3.63, 3.8) is 0 Å². The van der Waals surface area contributed by atoms with Crippen LogP contribution in [0, 0.1) is 0 Å². The minimum Gasteiger partial charge on any atom is -0.480 e. The van der Waals surface area contributed by atoms with E-state index in [1.165, 1.54) is 11.3 Å². The van der Waals surface area contributed by atoms with E-state index in [4.69, 9.17) is 5.11 Å². The summed E-state index contributed by atoms with van der Waals surface area (Å²) in [6, 6.07) is 3.93. The zero-order chi connectivity index (χ0) is 16.4. The Morgan fingerprint density at radius 2 is 2.26 bits per heavy atom. The molecule has 2 N–H and O–H groups in total. The fourth-order valence-electron chi connectivity index (χ4n) is 2.79. The summed E-state index contributed by atoms with van der Waals surface area (Å²) in [4.78, 5) is 34.2. The van der Waals surface area contributed by atoms with Crippen molar-refractivity contribution in [1.82, 2.24) is 20.2 Å². The second kappa shape index (κ2) is 6.59. The Labute approximate surface area is 137 Å². The molecule has 1 aliphatic carbocycles.